The molecule has 9 heavy (non-hydrogen) atoms. The van der Waals surface area contributed by atoms with E-state index in [0.717, 1.165) is 5.56 Å². The van der Waals surface area contributed by atoms with Crippen LogP contribution in [0.3, 0.4) is 0 Å². The fraction of sp³-hybridized carbons (Fsp3) is 0.167. The summed E-state index contributed by atoms with van der Waals surface area (Å²) in [4.78, 5) is 0. The number of aliphatic hydroxyl groups is 1. The molecule has 0 bridgehead atoms. The summed E-state index contributed by atoms with van der Waals surface area (Å²) >= 11 is 1.43. The smallest absolute Gasteiger partial charge is 0.100 e. The summed E-state index contributed by atoms with van der Waals surface area (Å²) in [5.41, 5.74) is 1.31. The Kier molecular flexibility index (Phi) is 1.83. The third kappa shape index (κ3) is 1.10. The number of nitriles is 1. The van der Waals surface area contributed by atoms with Crippen molar-refractivity contribution in [1.29, 1.82) is 5.26 Å². The maximum Gasteiger partial charge on any atom is 0.100 e. The molecule has 0 spiro atoms. The van der Waals surface area contributed by atoms with Crippen molar-refractivity contribution in [3.05, 3.63) is 21.9 Å². The summed E-state index contributed by atoms with van der Waals surface area (Å²) < 4.78 is 0. The normalized spacial score (nSPS) is 8.89. The van der Waals surface area contributed by atoms with E-state index >= 15 is 0 Å². The average molecular weight is 139 g/mol. The van der Waals surface area contributed by atoms with Crippen LogP contribution in [0.15, 0.2) is 10.8 Å². The van der Waals surface area contributed by atoms with Gasteiger partial charge in [0.25, 0.3) is 0 Å². The van der Waals surface area contributed by atoms with Crippen molar-refractivity contribution < 1.29 is 5.11 Å². The third-order valence-corrected chi connectivity index (χ3v) is 1.83. The number of nitrogens with zero attached hydrogens (tertiary/aromatic N) is 1. The van der Waals surface area contributed by atoms with E-state index in [-0.39, 0.29) is 6.61 Å². The second-order valence-electron chi connectivity index (χ2n) is 1.58. The van der Waals surface area contributed by atoms with Crippen molar-refractivity contribution in [1.82, 2.24) is 0 Å². The van der Waals surface area contributed by atoms with Gasteiger partial charge in [0.05, 0.1) is 12.2 Å². The Morgan fingerprint density at radius 2 is 2.44 bits per heavy atom. The van der Waals surface area contributed by atoms with E-state index in [1.165, 1.54) is 11.3 Å². The molecule has 46 valence electrons. The zero-order valence-electron chi connectivity index (χ0n) is 4.66. The fourth-order valence-electron chi connectivity index (χ4n) is 0.544. The first-order chi connectivity index (χ1) is 4.38. The van der Waals surface area contributed by atoms with E-state index in [9.17, 15) is 0 Å². The number of aliphatic hydroxyl groups excluding tert-OH is 1. The molecule has 0 atom stereocenters. The molecule has 0 saturated carbocycles. The van der Waals surface area contributed by atoms with E-state index in [1.54, 1.807) is 10.8 Å². The molecule has 0 saturated heterocycles. The van der Waals surface area contributed by atoms with Crippen molar-refractivity contribution in [2.45, 2.75) is 6.61 Å². The molecule has 1 N–H and O–H groups in total. The molecule has 0 fully saturated rings. The van der Waals surface area contributed by atoms with E-state index in [1.807, 2.05) is 6.07 Å². The standard InChI is InChI=1S/C6H5NOS/c7-1-5-3-9-4-6(5)2-8/h3-4,8H,2H2. The van der Waals surface area contributed by atoms with Crippen LogP contribution in [0.5, 0.6) is 0 Å². The Balaban J connectivity index is 3.02. The van der Waals surface area contributed by atoms with Crippen LogP contribution >= 0.6 is 11.3 Å². The molecule has 0 aromatic carbocycles. The van der Waals surface area contributed by atoms with Crippen LogP contribution in [0.2, 0.25) is 0 Å². The second kappa shape index (κ2) is 2.62. The van der Waals surface area contributed by atoms with Gasteiger partial charge in [0.1, 0.15) is 6.07 Å². The molecule has 0 unspecified atom stereocenters. The predicted molar refractivity (Wildman–Crippen MR) is 35.0 cm³/mol. The maximum atomic E-state index is 8.59. The molecule has 2 nitrogen and oxygen atoms in total. The Morgan fingerprint density at radius 1 is 1.67 bits per heavy atom. The molecule has 1 rings (SSSR count). The van der Waals surface area contributed by atoms with Gasteiger partial charge in [0.15, 0.2) is 0 Å². The molecule has 0 radical (unpaired) electrons. The van der Waals surface area contributed by atoms with E-state index in [4.69, 9.17) is 10.4 Å². The first-order valence-corrected chi connectivity index (χ1v) is 3.38. The largest absolute Gasteiger partial charge is 0.392 e. The van der Waals surface area contributed by atoms with Gasteiger partial charge < -0.3 is 5.11 Å². The summed E-state index contributed by atoms with van der Waals surface area (Å²) in [6, 6.07) is 1.98. The lowest BCUT2D eigenvalue weighted by molar-refractivity contribution is 0.282. The number of thiophene rings is 1. The zero-order valence-corrected chi connectivity index (χ0v) is 5.48. The van der Waals surface area contributed by atoms with Crippen LogP contribution in [0.25, 0.3) is 0 Å². The first kappa shape index (κ1) is 6.27. The number of hydrogen-bond acceptors (Lipinski definition) is 3. The van der Waals surface area contributed by atoms with Gasteiger partial charge >= 0.3 is 0 Å². The minimum atomic E-state index is -0.0353. The lowest BCUT2D eigenvalue weighted by Gasteiger charge is -1.85. The van der Waals surface area contributed by atoms with Crippen molar-refractivity contribution in [2.24, 2.45) is 0 Å². The third-order valence-electron chi connectivity index (χ3n) is 1.03. The molecule has 1 aromatic heterocycles. The predicted octanol–water partition coefficient (Wildman–Crippen LogP) is 1.11. The van der Waals surface area contributed by atoms with Gasteiger partial charge in [-0.1, -0.05) is 0 Å². The van der Waals surface area contributed by atoms with Gasteiger partial charge in [-0.05, 0) is 5.38 Å². The van der Waals surface area contributed by atoms with Crippen LogP contribution in [0.1, 0.15) is 11.1 Å². The van der Waals surface area contributed by atoms with Gasteiger partial charge in [-0.3, -0.25) is 0 Å². The zero-order chi connectivity index (χ0) is 6.69. The lowest BCUT2D eigenvalue weighted by Crippen LogP contribution is -1.80. The highest BCUT2D eigenvalue weighted by Gasteiger charge is 1.98. The monoisotopic (exact) mass is 139 g/mol. The summed E-state index contributed by atoms with van der Waals surface area (Å²) in [6.07, 6.45) is 0. The van der Waals surface area contributed by atoms with E-state index in [2.05, 4.69) is 0 Å². The van der Waals surface area contributed by atoms with Gasteiger partial charge in [0.2, 0.25) is 0 Å². The van der Waals surface area contributed by atoms with Gasteiger partial charge in [-0.2, -0.15) is 16.6 Å². The topological polar surface area (TPSA) is 44.0 Å². The second-order valence-corrected chi connectivity index (χ2v) is 2.32. The molecule has 1 aromatic rings. The Morgan fingerprint density at radius 3 is 2.89 bits per heavy atom. The average Bonchev–Trinajstić information content (AvgIpc) is 2.33. The molecule has 0 aliphatic rings. The van der Waals surface area contributed by atoms with Crippen molar-refractivity contribution in [2.75, 3.05) is 0 Å². The minimum absolute atomic E-state index is 0.0353. The molecule has 3 heteroatoms. The van der Waals surface area contributed by atoms with Gasteiger partial charge in [0, 0.05) is 10.9 Å². The Hall–Kier alpha value is -0.850. The number of rotatable bonds is 1. The molecule has 1 heterocycles. The van der Waals surface area contributed by atoms with Gasteiger partial charge in [-0.25, -0.2) is 0 Å². The lowest BCUT2D eigenvalue weighted by atomic mass is 10.2. The summed E-state index contributed by atoms with van der Waals surface area (Å²) in [7, 11) is 0. The van der Waals surface area contributed by atoms with Crippen molar-refractivity contribution >= 4 is 11.3 Å². The summed E-state index contributed by atoms with van der Waals surface area (Å²) in [5.74, 6) is 0. The fourth-order valence-corrected chi connectivity index (χ4v) is 1.32. The highest BCUT2D eigenvalue weighted by Crippen LogP contribution is 2.12. The van der Waals surface area contributed by atoms with Crippen LogP contribution in [0.4, 0.5) is 0 Å². The summed E-state index contributed by atoms with van der Waals surface area (Å²) in [6.45, 7) is -0.0353. The highest BCUT2D eigenvalue weighted by atomic mass is 32.1. The molecular formula is C6H5NOS. The highest BCUT2D eigenvalue weighted by molar-refractivity contribution is 7.08. The Labute approximate surface area is 57.0 Å². The first-order valence-electron chi connectivity index (χ1n) is 2.44. The molecule has 0 aliphatic carbocycles. The maximum absolute atomic E-state index is 8.59. The van der Waals surface area contributed by atoms with E-state index < -0.39 is 0 Å². The van der Waals surface area contributed by atoms with E-state index in [0.29, 0.717) is 5.56 Å². The summed E-state index contributed by atoms with van der Waals surface area (Å²) in [5, 5.41) is 20.5. The van der Waals surface area contributed by atoms with Crippen LogP contribution < -0.4 is 0 Å². The quantitative estimate of drug-likeness (QED) is 0.633. The van der Waals surface area contributed by atoms with Gasteiger partial charge in [-0.15, -0.1) is 0 Å². The van der Waals surface area contributed by atoms with Crippen LogP contribution in [0, 0.1) is 11.3 Å². The molecule has 0 amide bonds. The minimum Gasteiger partial charge on any atom is -0.392 e. The van der Waals surface area contributed by atoms with Crippen molar-refractivity contribution in [3.63, 3.8) is 0 Å². The SMILES string of the molecule is N#Cc1cscc1CO. The van der Waals surface area contributed by atoms with Crippen LogP contribution in [-0.2, 0) is 6.61 Å². The number of hydrogen-bond donors (Lipinski definition) is 1. The molecule has 0 aliphatic heterocycles. The van der Waals surface area contributed by atoms with Crippen LogP contribution in [-0.4, -0.2) is 5.11 Å². The molecular weight excluding hydrogens is 134 g/mol. The Bertz CT molecular complexity index is 235. The van der Waals surface area contributed by atoms with Crippen molar-refractivity contribution in [3.8, 4) is 6.07 Å².